The van der Waals surface area contributed by atoms with Crippen LogP contribution in [0.1, 0.15) is 6.92 Å². The van der Waals surface area contributed by atoms with Gasteiger partial charge in [-0.1, -0.05) is 23.7 Å². The summed E-state index contributed by atoms with van der Waals surface area (Å²) in [6.07, 6.45) is 3.29. The molecule has 0 unspecified atom stereocenters. The van der Waals surface area contributed by atoms with Gasteiger partial charge in [-0.2, -0.15) is 0 Å². The van der Waals surface area contributed by atoms with E-state index in [0.29, 0.717) is 27.9 Å². The third kappa shape index (κ3) is 2.15. The van der Waals surface area contributed by atoms with E-state index in [1.165, 1.54) is 0 Å². The number of hydrogen-bond donors (Lipinski definition) is 1. The van der Waals surface area contributed by atoms with E-state index in [1.807, 2.05) is 25.1 Å². The molecule has 0 amide bonds. The predicted molar refractivity (Wildman–Crippen MR) is 76.4 cm³/mol. The molecule has 4 nitrogen and oxygen atoms in total. The van der Waals surface area contributed by atoms with E-state index in [2.05, 4.69) is 15.3 Å². The van der Waals surface area contributed by atoms with E-state index >= 15 is 0 Å². The number of para-hydroxylation sites is 1. The Labute approximate surface area is 115 Å². The lowest BCUT2D eigenvalue weighted by Gasteiger charge is -2.05. The lowest BCUT2D eigenvalue weighted by Crippen LogP contribution is -2.01. The Bertz CT molecular complexity index is 724. The van der Waals surface area contributed by atoms with Crippen LogP contribution in [-0.4, -0.2) is 16.5 Å². The van der Waals surface area contributed by atoms with Crippen molar-refractivity contribution in [2.75, 3.05) is 11.9 Å². The van der Waals surface area contributed by atoms with Crippen LogP contribution in [0.3, 0.4) is 0 Å². The van der Waals surface area contributed by atoms with Crippen LogP contribution in [0.25, 0.3) is 22.4 Å². The smallest absolute Gasteiger partial charge is 0.157 e. The molecule has 0 aliphatic heterocycles. The van der Waals surface area contributed by atoms with Crippen molar-refractivity contribution in [1.29, 1.82) is 0 Å². The van der Waals surface area contributed by atoms with Gasteiger partial charge in [0.15, 0.2) is 17.2 Å². The molecule has 0 aliphatic rings. The minimum atomic E-state index is 0.595. The molecular formula is C14H12ClN3O. The van der Waals surface area contributed by atoms with Crippen LogP contribution in [0, 0.1) is 0 Å². The number of benzene rings is 1. The van der Waals surface area contributed by atoms with Crippen LogP contribution in [0.4, 0.5) is 5.82 Å². The highest BCUT2D eigenvalue weighted by molar-refractivity contribution is 6.34. The minimum absolute atomic E-state index is 0.595. The normalized spacial score (nSPS) is 10.8. The number of nitrogens with one attached hydrogen (secondary N) is 1. The molecule has 1 N–H and O–H groups in total. The monoisotopic (exact) mass is 273 g/mol. The van der Waals surface area contributed by atoms with Gasteiger partial charge in [0.05, 0.1) is 5.02 Å². The first-order valence-electron chi connectivity index (χ1n) is 6.03. The third-order valence-corrected chi connectivity index (χ3v) is 3.07. The van der Waals surface area contributed by atoms with Gasteiger partial charge < -0.3 is 9.73 Å². The molecule has 2 heterocycles. The van der Waals surface area contributed by atoms with Crippen LogP contribution < -0.4 is 5.32 Å². The highest BCUT2D eigenvalue weighted by atomic mass is 35.5. The Morgan fingerprint density at radius 1 is 1.26 bits per heavy atom. The Morgan fingerprint density at radius 3 is 2.89 bits per heavy atom. The van der Waals surface area contributed by atoms with Gasteiger partial charge in [0.25, 0.3) is 0 Å². The van der Waals surface area contributed by atoms with E-state index in [4.69, 9.17) is 16.0 Å². The molecule has 0 saturated carbocycles. The number of anilines is 1. The van der Waals surface area contributed by atoms with Crippen molar-refractivity contribution >= 4 is 28.4 Å². The molecule has 5 heteroatoms. The van der Waals surface area contributed by atoms with Gasteiger partial charge in [-0.05, 0) is 19.1 Å². The second-order valence-electron chi connectivity index (χ2n) is 4.05. The fourth-order valence-electron chi connectivity index (χ4n) is 1.96. The molecule has 0 radical (unpaired) electrons. The molecule has 3 aromatic rings. The molecule has 0 saturated heterocycles. The number of nitrogens with zero attached hydrogens (tertiary/aromatic N) is 2. The van der Waals surface area contributed by atoms with E-state index < -0.39 is 0 Å². The second-order valence-corrected chi connectivity index (χ2v) is 4.46. The van der Waals surface area contributed by atoms with Crippen LogP contribution in [0.2, 0.25) is 5.02 Å². The first-order valence-corrected chi connectivity index (χ1v) is 6.40. The first kappa shape index (κ1) is 12.0. The van der Waals surface area contributed by atoms with E-state index in [-0.39, 0.29) is 0 Å². The second kappa shape index (κ2) is 4.90. The molecular weight excluding hydrogens is 262 g/mol. The fourth-order valence-corrected chi connectivity index (χ4v) is 2.18. The number of aromatic nitrogens is 2. The van der Waals surface area contributed by atoms with Gasteiger partial charge in [-0.15, -0.1) is 0 Å². The topological polar surface area (TPSA) is 51.0 Å². The predicted octanol–water partition coefficient (Wildman–Crippen LogP) is 3.98. The molecule has 96 valence electrons. The quantitative estimate of drug-likeness (QED) is 0.784. The van der Waals surface area contributed by atoms with Crippen LogP contribution in [-0.2, 0) is 0 Å². The molecule has 19 heavy (non-hydrogen) atoms. The molecule has 0 bridgehead atoms. The number of fused-ring (bicyclic) bond motifs is 1. The Morgan fingerprint density at radius 2 is 2.11 bits per heavy atom. The summed E-state index contributed by atoms with van der Waals surface area (Å²) in [6, 6.07) is 7.58. The Kier molecular flexibility index (Phi) is 3.09. The number of rotatable bonds is 3. The van der Waals surface area contributed by atoms with Crippen molar-refractivity contribution < 1.29 is 4.42 Å². The number of hydrogen-bond acceptors (Lipinski definition) is 4. The molecule has 0 atom stereocenters. The summed E-state index contributed by atoms with van der Waals surface area (Å²) in [5.74, 6) is 1.37. The van der Waals surface area contributed by atoms with E-state index in [0.717, 1.165) is 11.9 Å². The Hall–Kier alpha value is -2.07. The van der Waals surface area contributed by atoms with Gasteiger partial charge in [0.2, 0.25) is 0 Å². The molecule has 3 rings (SSSR count). The first-order chi connectivity index (χ1) is 9.29. The molecule has 0 spiro atoms. The van der Waals surface area contributed by atoms with Crippen LogP contribution in [0.5, 0.6) is 0 Å². The SMILES string of the molecule is CCNc1nccnc1-c1cc2cccc(Cl)c2o1. The largest absolute Gasteiger partial charge is 0.453 e. The zero-order valence-electron chi connectivity index (χ0n) is 10.4. The maximum atomic E-state index is 6.11. The average Bonchev–Trinajstić information content (AvgIpc) is 2.85. The van der Waals surface area contributed by atoms with Gasteiger partial charge in [0.1, 0.15) is 5.69 Å². The van der Waals surface area contributed by atoms with Gasteiger partial charge in [-0.25, -0.2) is 9.97 Å². The van der Waals surface area contributed by atoms with Crippen molar-refractivity contribution in [2.45, 2.75) is 6.92 Å². The maximum absolute atomic E-state index is 6.11. The molecule has 1 aromatic carbocycles. The summed E-state index contributed by atoms with van der Waals surface area (Å²) in [4.78, 5) is 8.60. The van der Waals surface area contributed by atoms with Crippen molar-refractivity contribution in [3.63, 3.8) is 0 Å². The lowest BCUT2D eigenvalue weighted by atomic mass is 10.2. The average molecular weight is 274 g/mol. The summed E-state index contributed by atoms with van der Waals surface area (Å²) >= 11 is 6.11. The summed E-state index contributed by atoms with van der Waals surface area (Å²) in [5.41, 5.74) is 1.36. The molecule has 2 aromatic heterocycles. The van der Waals surface area contributed by atoms with Crippen molar-refractivity contribution in [1.82, 2.24) is 9.97 Å². The maximum Gasteiger partial charge on any atom is 0.157 e. The van der Waals surface area contributed by atoms with Gasteiger partial charge in [0, 0.05) is 24.3 Å². The van der Waals surface area contributed by atoms with Crippen molar-refractivity contribution in [2.24, 2.45) is 0 Å². The van der Waals surface area contributed by atoms with Crippen LogP contribution in [0.15, 0.2) is 41.1 Å². The third-order valence-electron chi connectivity index (χ3n) is 2.77. The standard InChI is InChI=1S/C14H12ClN3O/c1-2-16-14-12(17-6-7-18-14)11-8-9-4-3-5-10(15)13(9)19-11/h3-8H,2H2,1H3,(H,16,18). The highest BCUT2D eigenvalue weighted by Crippen LogP contribution is 2.33. The van der Waals surface area contributed by atoms with E-state index in [9.17, 15) is 0 Å². The highest BCUT2D eigenvalue weighted by Gasteiger charge is 2.13. The summed E-state index contributed by atoms with van der Waals surface area (Å²) in [6.45, 7) is 2.78. The fraction of sp³-hybridized carbons (Fsp3) is 0.143. The van der Waals surface area contributed by atoms with Crippen LogP contribution >= 0.6 is 11.6 Å². The minimum Gasteiger partial charge on any atom is -0.453 e. The lowest BCUT2D eigenvalue weighted by molar-refractivity contribution is 0.628. The Balaban J connectivity index is 2.17. The number of halogens is 1. The number of furan rings is 1. The van der Waals surface area contributed by atoms with Gasteiger partial charge in [-0.3, -0.25) is 0 Å². The van der Waals surface area contributed by atoms with Crippen molar-refractivity contribution in [3.8, 4) is 11.5 Å². The molecule has 0 fully saturated rings. The van der Waals surface area contributed by atoms with E-state index in [1.54, 1.807) is 18.5 Å². The summed E-state index contributed by atoms with van der Waals surface area (Å²) in [7, 11) is 0. The zero-order chi connectivity index (χ0) is 13.2. The van der Waals surface area contributed by atoms with Crippen molar-refractivity contribution in [3.05, 3.63) is 41.7 Å². The van der Waals surface area contributed by atoms with Gasteiger partial charge >= 0.3 is 0 Å². The molecule has 0 aliphatic carbocycles. The summed E-state index contributed by atoms with van der Waals surface area (Å²) in [5, 5.41) is 4.72. The zero-order valence-corrected chi connectivity index (χ0v) is 11.1. The summed E-state index contributed by atoms with van der Waals surface area (Å²) < 4.78 is 5.80.